The molecule has 1 heterocycles. The molecule has 1 amide bonds. The Morgan fingerprint density at radius 2 is 1.69 bits per heavy atom. The van der Waals surface area contributed by atoms with E-state index in [1.165, 1.54) is 6.20 Å². The minimum atomic E-state index is -1.20. The molecule has 26 heavy (non-hydrogen) atoms. The summed E-state index contributed by atoms with van der Waals surface area (Å²) in [5.41, 5.74) is 4.54. The number of nitrogens with zero attached hydrogens (tertiary/aromatic N) is 1. The van der Waals surface area contributed by atoms with Crippen molar-refractivity contribution in [2.45, 2.75) is 5.92 Å². The number of aromatic nitrogens is 2. The molecule has 7 nitrogen and oxygen atoms in total. The van der Waals surface area contributed by atoms with Crippen LogP contribution in [-0.4, -0.2) is 33.7 Å². The molecule has 0 spiro atoms. The Labute approximate surface area is 148 Å². The van der Waals surface area contributed by atoms with Gasteiger partial charge in [0.1, 0.15) is 12.4 Å². The molecular formula is C19H15N3O4. The van der Waals surface area contributed by atoms with E-state index in [0.29, 0.717) is 0 Å². The quantitative estimate of drug-likeness (QED) is 0.669. The molecule has 0 aliphatic heterocycles. The lowest BCUT2D eigenvalue weighted by molar-refractivity contribution is 0.0684. The zero-order valence-corrected chi connectivity index (χ0v) is 13.6. The third-order valence-corrected chi connectivity index (χ3v) is 4.36. The number of ether oxygens (including phenoxy) is 1. The summed E-state index contributed by atoms with van der Waals surface area (Å²) in [6, 6.07) is 16.1. The average molecular weight is 349 g/mol. The Morgan fingerprint density at radius 1 is 1.08 bits per heavy atom. The highest BCUT2D eigenvalue weighted by atomic mass is 16.5. The second kappa shape index (κ2) is 6.36. The summed E-state index contributed by atoms with van der Waals surface area (Å²) < 4.78 is 5.37. The van der Waals surface area contributed by atoms with Crippen molar-refractivity contribution in [2.75, 3.05) is 11.9 Å². The third-order valence-electron chi connectivity index (χ3n) is 4.36. The molecule has 0 atom stereocenters. The number of aromatic amines is 1. The fourth-order valence-electron chi connectivity index (χ4n) is 3.24. The number of aromatic carboxylic acids is 1. The van der Waals surface area contributed by atoms with Crippen molar-refractivity contribution in [3.8, 4) is 11.1 Å². The number of anilines is 1. The van der Waals surface area contributed by atoms with E-state index in [9.17, 15) is 9.59 Å². The van der Waals surface area contributed by atoms with Gasteiger partial charge in [0, 0.05) is 5.92 Å². The number of carbonyl (C=O) groups is 2. The SMILES string of the molecule is O=C(Nc1cnc(C(=O)O)[nH]1)OCC1c2ccccc2-c2ccccc21. The molecule has 130 valence electrons. The van der Waals surface area contributed by atoms with Gasteiger partial charge in [-0.15, -0.1) is 0 Å². The van der Waals surface area contributed by atoms with Gasteiger partial charge < -0.3 is 14.8 Å². The van der Waals surface area contributed by atoms with Crippen molar-refractivity contribution in [1.29, 1.82) is 0 Å². The predicted octanol–water partition coefficient (Wildman–Crippen LogP) is 3.47. The van der Waals surface area contributed by atoms with Crippen molar-refractivity contribution >= 4 is 17.9 Å². The van der Waals surface area contributed by atoms with Crippen LogP contribution in [0.5, 0.6) is 0 Å². The fraction of sp³-hybridized carbons (Fsp3) is 0.105. The zero-order chi connectivity index (χ0) is 18.1. The zero-order valence-electron chi connectivity index (χ0n) is 13.6. The standard InChI is InChI=1S/C19H15N3O4/c23-18(24)17-20-9-16(21-17)22-19(25)26-10-15-13-7-3-1-5-11(13)12-6-2-4-8-14(12)15/h1-9,15H,10H2,(H,20,21)(H,22,25)(H,23,24). The van der Waals surface area contributed by atoms with E-state index in [1.54, 1.807) is 0 Å². The lowest BCUT2D eigenvalue weighted by atomic mass is 9.98. The molecule has 2 aromatic carbocycles. The summed E-state index contributed by atoms with van der Waals surface area (Å²) in [5.74, 6) is -1.33. The van der Waals surface area contributed by atoms with E-state index >= 15 is 0 Å². The molecule has 1 aliphatic rings. The topological polar surface area (TPSA) is 104 Å². The van der Waals surface area contributed by atoms with E-state index in [1.807, 2.05) is 36.4 Å². The second-order valence-corrected chi connectivity index (χ2v) is 5.90. The van der Waals surface area contributed by atoms with Crippen LogP contribution in [0.15, 0.2) is 54.7 Å². The summed E-state index contributed by atoms with van der Waals surface area (Å²) in [6.45, 7) is 0.180. The molecule has 0 bridgehead atoms. The van der Waals surface area contributed by atoms with Crippen LogP contribution in [0, 0.1) is 0 Å². The van der Waals surface area contributed by atoms with Crippen molar-refractivity contribution in [3.63, 3.8) is 0 Å². The minimum absolute atomic E-state index is 0.0375. The number of hydrogen-bond acceptors (Lipinski definition) is 4. The molecule has 0 unspecified atom stereocenters. The highest BCUT2D eigenvalue weighted by Crippen LogP contribution is 2.44. The number of amides is 1. The van der Waals surface area contributed by atoms with E-state index < -0.39 is 12.1 Å². The van der Waals surface area contributed by atoms with E-state index in [-0.39, 0.29) is 24.2 Å². The number of rotatable bonds is 4. The Kier molecular flexibility index (Phi) is 3.89. The van der Waals surface area contributed by atoms with Gasteiger partial charge in [-0.25, -0.2) is 14.6 Å². The Balaban J connectivity index is 1.47. The number of carbonyl (C=O) groups excluding carboxylic acids is 1. The van der Waals surface area contributed by atoms with Crippen LogP contribution in [-0.2, 0) is 4.74 Å². The molecule has 1 aromatic heterocycles. The van der Waals surface area contributed by atoms with Gasteiger partial charge in [-0.2, -0.15) is 0 Å². The first-order chi connectivity index (χ1) is 12.6. The summed E-state index contributed by atoms with van der Waals surface area (Å²) in [5, 5.41) is 11.3. The summed E-state index contributed by atoms with van der Waals surface area (Å²) in [4.78, 5) is 29.0. The highest BCUT2D eigenvalue weighted by Gasteiger charge is 2.29. The largest absolute Gasteiger partial charge is 0.475 e. The van der Waals surface area contributed by atoms with E-state index in [4.69, 9.17) is 9.84 Å². The van der Waals surface area contributed by atoms with Crippen molar-refractivity contribution in [3.05, 3.63) is 71.7 Å². The third kappa shape index (κ3) is 2.79. The highest BCUT2D eigenvalue weighted by molar-refractivity contribution is 5.87. The van der Waals surface area contributed by atoms with Crippen LogP contribution in [0.3, 0.4) is 0 Å². The molecule has 4 rings (SSSR count). The fourth-order valence-corrected chi connectivity index (χ4v) is 3.24. The van der Waals surface area contributed by atoms with Crippen molar-refractivity contribution in [2.24, 2.45) is 0 Å². The number of H-pyrrole nitrogens is 1. The van der Waals surface area contributed by atoms with Crippen LogP contribution < -0.4 is 5.32 Å². The van der Waals surface area contributed by atoms with Crippen LogP contribution in [0.25, 0.3) is 11.1 Å². The van der Waals surface area contributed by atoms with Gasteiger partial charge in [-0.3, -0.25) is 5.32 Å². The van der Waals surface area contributed by atoms with Crippen LogP contribution >= 0.6 is 0 Å². The molecule has 0 saturated heterocycles. The maximum atomic E-state index is 12.0. The number of fused-ring (bicyclic) bond motifs is 3. The van der Waals surface area contributed by atoms with Crippen LogP contribution in [0.2, 0.25) is 0 Å². The van der Waals surface area contributed by atoms with Gasteiger partial charge in [0.25, 0.3) is 0 Å². The molecule has 0 radical (unpaired) electrons. The molecule has 3 N–H and O–H groups in total. The van der Waals surface area contributed by atoms with Crippen LogP contribution in [0.4, 0.5) is 10.6 Å². The number of carboxylic acid groups (broad SMARTS) is 1. The van der Waals surface area contributed by atoms with Gasteiger partial charge in [0.05, 0.1) is 6.20 Å². The molecule has 7 heteroatoms. The smallest absolute Gasteiger partial charge is 0.412 e. The summed E-state index contributed by atoms with van der Waals surface area (Å²) in [7, 11) is 0. The first-order valence-corrected chi connectivity index (χ1v) is 8.04. The van der Waals surface area contributed by atoms with E-state index in [0.717, 1.165) is 22.3 Å². The Morgan fingerprint density at radius 3 is 2.27 bits per heavy atom. The second-order valence-electron chi connectivity index (χ2n) is 5.90. The van der Waals surface area contributed by atoms with E-state index in [2.05, 4.69) is 27.4 Å². The van der Waals surface area contributed by atoms with Gasteiger partial charge in [0.15, 0.2) is 0 Å². The number of nitrogens with one attached hydrogen (secondary N) is 2. The number of benzene rings is 2. The molecule has 0 fully saturated rings. The number of imidazole rings is 1. The Bertz CT molecular complexity index is 950. The average Bonchev–Trinajstić information content (AvgIpc) is 3.23. The maximum absolute atomic E-state index is 12.0. The summed E-state index contributed by atoms with van der Waals surface area (Å²) in [6.07, 6.45) is 0.553. The first-order valence-electron chi connectivity index (χ1n) is 8.04. The number of carboxylic acids is 1. The molecule has 3 aromatic rings. The monoisotopic (exact) mass is 349 g/mol. The lowest BCUT2D eigenvalue weighted by Gasteiger charge is -2.14. The first kappa shape index (κ1) is 15.9. The van der Waals surface area contributed by atoms with Crippen molar-refractivity contribution in [1.82, 2.24) is 9.97 Å². The van der Waals surface area contributed by atoms with Gasteiger partial charge >= 0.3 is 12.1 Å². The number of hydrogen-bond donors (Lipinski definition) is 3. The van der Waals surface area contributed by atoms with Crippen molar-refractivity contribution < 1.29 is 19.4 Å². The molecule has 0 saturated carbocycles. The van der Waals surface area contributed by atoms with Gasteiger partial charge in [-0.1, -0.05) is 48.5 Å². The Hall–Kier alpha value is -3.61. The van der Waals surface area contributed by atoms with Crippen LogP contribution in [0.1, 0.15) is 27.7 Å². The van der Waals surface area contributed by atoms with Gasteiger partial charge in [0.2, 0.25) is 5.82 Å². The normalized spacial score (nSPS) is 12.3. The minimum Gasteiger partial charge on any atom is -0.475 e. The summed E-state index contributed by atoms with van der Waals surface area (Å²) >= 11 is 0. The maximum Gasteiger partial charge on any atom is 0.412 e. The molecule has 1 aliphatic carbocycles. The van der Waals surface area contributed by atoms with Gasteiger partial charge in [-0.05, 0) is 22.3 Å². The lowest BCUT2D eigenvalue weighted by Crippen LogP contribution is -2.18. The predicted molar refractivity (Wildman–Crippen MR) is 94.2 cm³/mol. The molecular weight excluding hydrogens is 334 g/mol.